The van der Waals surface area contributed by atoms with Crippen LogP contribution in [-0.2, 0) is 22.6 Å². The lowest BCUT2D eigenvalue weighted by Gasteiger charge is -2.40. The highest BCUT2D eigenvalue weighted by atomic mass is 35.5. The molecule has 32 heavy (non-hydrogen) atoms. The number of amides is 1. The van der Waals surface area contributed by atoms with Crippen molar-refractivity contribution < 1.29 is 18.8 Å². The molecule has 0 bridgehead atoms. The number of nitrogens with one attached hydrogen (secondary N) is 1. The van der Waals surface area contributed by atoms with Gasteiger partial charge in [-0.25, -0.2) is 0 Å². The van der Waals surface area contributed by atoms with Crippen molar-refractivity contribution in [2.24, 2.45) is 0 Å². The zero-order valence-corrected chi connectivity index (χ0v) is 19.9. The second-order valence-electron chi connectivity index (χ2n) is 9.38. The number of hydrogen-bond acceptors (Lipinski definition) is 3. The predicted molar refractivity (Wildman–Crippen MR) is 128 cm³/mol. The number of quaternary nitrogens is 1. The maximum Gasteiger partial charge on any atom is 0.250 e. The molecule has 1 fully saturated rings. The molecule has 0 aliphatic carbocycles. The van der Waals surface area contributed by atoms with Crippen LogP contribution in [0.5, 0.6) is 5.75 Å². The van der Waals surface area contributed by atoms with Crippen molar-refractivity contribution in [3.63, 3.8) is 0 Å². The third-order valence-electron chi connectivity index (χ3n) is 6.51. The molecule has 0 radical (unpaired) electrons. The molecule has 5 nitrogen and oxygen atoms in total. The number of rotatable bonds is 6. The van der Waals surface area contributed by atoms with Gasteiger partial charge in [0.15, 0.2) is 0 Å². The molecule has 0 spiro atoms. The summed E-state index contributed by atoms with van der Waals surface area (Å²) in [5.41, 5.74) is 4.81. The van der Waals surface area contributed by atoms with Crippen LogP contribution in [0, 0.1) is 6.92 Å². The first-order valence-corrected chi connectivity index (χ1v) is 11.6. The minimum Gasteiger partial charge on any atom is -0.488 e. The molecule has 4 rings (SSSR count). The van der Waals surface area contributed by atoms with Gasteiger partial charge in [0.05, 0.1) is 38.9 Å². The fraction of sp³-hybridized carbons (Fsp3) is 0.423. The predicted octanol–water partition coefficient (Wildman–Crippen LogP) is 4.50. The maximum atomic E-state index is 12.7. The smallest absolute Gasteiger partial charge is 0.250 e. The molecule has 2 aromatic rings. The minimum atomic E-state index is -0.116. The number of benzene rings is 2. The van der Waals surface area contributed by atoms with Crippen molar-refractivity contribution in [3.8, 4) is 5.75 Å². The van der Waals surface area contributed by atoms with E-state index in [1.54, 1.807) is 0 Å². The fourth-order valence-electron chi connectivity index (χ4n) is 4.61. The first kappa shape index (κ1) is 22.8. The van der Waals surface area contributed by atoms with Crippen molar-refractivity contribution in [1.29, 1.82) is 0 Å². The quantitative estimate of drug-likeness (QED) is 0.652. The van der Waals surface area contributed by atoms with Crippen LogP contribution >= 0.6 is 11.6 Å². The first-order valence-electron chi connectivity index (χ1n) is 11.2. The summed E-state index contributed by atoms with van der Waals surface area (Å²) in [6, 6.07) is 12.9. The molecule has 1 N–H and O–H groups in total. The Morgan fingerprint density at radius 2 is 1.81 bits per heavy atom. The number of ether oxygens (including phenoxy) is 2. The number of nitrogens with zero attached hydrogens (tertiary/aromatic N) is 1. The standard InChI is InChI=1S/C26H31ClN2O3/c1-18-12-23(27)14-21-13-22(17-32-25(18)21)26(30)28-15-19-4-6-20(7-5-19)16-29(2,3)24-8-10-31-11-9-24/h4-7,12-14,24H,8-11,15-17H2,1-3H3/p+1. The summed E-state index contributed by atoms with van der Waals surface area (Å²) in [6.07, 6.45) is 4.10. The van der Waals surface area contributed by atoms with Crippen LogP contribution < -0.4 is 10.1 Å². The highest BCUT2D eigenvalue weighted by Gasteiger charge is 2.30. The summed E-state index contributed by atoms with van der Waals surface area (Å²) in [5.74, 6) is 0.679. The van der Waals surface area contributed by atoms with Crippen LogP contribution in [0.1, 0.15) is 35.1 Å². The van der Waals surface area contributed by atoms with Crippen molar-refractivity contribution in [3.05, 3.63) is 69.2 Å². The van der Waals surface area contributed by atoms with E-state index in [1.165, 1.54) is 5.56 Å². The largest absolute Gasteiger partial charge is 0.488 e. The average molecular weight is 456 g/mol. The molecule has 1 amide bonds. The van der Waals surface area contributed by atoms with Crippen LogP contribution in [0.4, 0.5) is 0 Å². The Kier molecular flexibility index (Phi) is 6.89. The zero-order valence-electron chi connectivity index (χ0n) is 19.1. The number of hydrogen-bond donors (Lipinski definition) is 1. The van der Waals surface area contributed by atoms with Gasteiger partial charge in [0, 0.05) is 35.5 Å². The third-order valence-corrected chi connectivity index (χ3v) is 6.73. The van der Waals surface area contributed by atoms with Gasteiger partial charge >= 0.3 is 0 Å². The molecular formula is C26H32ClN2O3+. The lowest BCUT2D eigenvalue weighted by Crippen LogP contribution is -2.50. The maximum absolute atomic E-state index is 12.7. The van der Waals surface area contributed by atoms with Crippen LogP contribution in [0.15, 0.2) is 42.0 Å². The van der Waals surface area contributed by atoms with E-state index in [1.807, 2.05) is 25.1 Å². The van der Waals surface area contributed by atoms with E-state index in [9.17, 15) is 4.79 Å². The van der Waals surface area contributed by atoms with Gasteiger partial charge in [-0.3, -0.25) is 4.79 Å². The highest BCUT2D eigenvalue weighted by molar-refractivity contribution is 6.30. The van der Waals surface area contributed by atoms with Crippen molar-refractivity contribution in [1.82, 2.24) is 5.32 Å². The van der Waals surface area contributed by atoms with E-state index in [2.05, 4.69) is 43.7 Å². The van der Waals surface area contributed by atoms with Gasteiger partial charge in [0.1, 0.15) is 18.9 Å². The molecular weight excluding hydrogens is 424 g/mol. The van der Waals surface area contributed by atoms with Crippen molar-refractivity contribution in [2.45, 2.75) is 38.9 Å². The number of carbonyl (C=O) groups excluding carboxylic acids is 1. The second kappa shape index (κ2) is 9.65. The molecule has 0 aromatic heterocycles. The van der Waals surface area contributed by atoms with Gasteiger partial charge < -0.3 is 19.3 Å². The molecule has 2 aliphatic rings. The van der Waals surface area contributed by atoms with Gasteiger partial charge in [-0.05, 0) is 36.3 Å². The van der Waals surface area contributed by atoms with Crippen LogP contribution in [0.25, 0.3) is 6.08 Å². The summed E-state index contributed by atoms with van der Waals surface area (Å²) in [7, 11) is 4.60. The van der Waals surface area contributed by atoms with E-state index in [0.717, 1.165) is 59.5 Å². The van der Waals surface area contributed by atoms with Crippen LogP contribution in [0.3, 0.4) is 0 Å². The number of fused-ring (bicyclic) bond motifs is 1. The zero-order chi connectivity index (χ0) is 22.7. The number of carbonyl (C=O) groups is 1. The van der Waals surface area contributed by atoms with E-state index >= 15 is 0 Å². The normalized spacial score (nSPS) is 16.7. The molecule has 6 heteroatoms. The van der Waals surface area contributed by atoms with Crippen molar-refractivity contribution >= 4 is 23.6 Å². The molecule has 1 saturated heterocycles. The van der Waals surface area contributed by atoms with Gasteiger partial charge in [0.25, 0.3) is 5.91 Å². The summed E-state index contributed by atoms with van der Waals surface area (Å²) < 4.78 is 12.3. The molecule has 0 unspecified atom stereocenters. The Balaban J connectivity index is 1.34. The Bertz CT molecular complexity index is 1010. The lowest BCUT2D eigenvalue weighted by atomic mass is 10.0. The number of aryl methyl sites for hydroxylation is 1. The topological polar surface area (TPSA) is 47.6 Å². The van der Waals surface area contributed by atoms with Gasteiger partial charge in [-0.1, -0.05) is 35.9 Å². The lowest BCUT2D eigenvalue weighted by molar-refractivity contribution is -0.929. The van der Waals surface area contributed by atoms with E-state index < -0.39 is 0 Å². The van der Waals surface area contributed by atoms with E-state index in [-0.39, 0.29) is 12.5 Å². The molecule has 2 aromatic carbocycles. The highest BCUT2D eigenvalue weighted by Crippen LogP contribution is 2.32. The van der Waals surface area contributed by atoms with Gasteiger partial charge in [0.2, 0.25) is 0 Å². The second-order valence-corrected chi connectivity index (χ2v) is 9.82. The van der Waals surface area contributed by atoms with Gasteiger partial charge in [-0.15, -0.1) is 0 Å². The fourth-order valence-corrected chi connectivity index (χ4v) is 4.89. The van der Waals surface area contributed by atoms with Gasteiger partial charge in [-0.2, -0.15) is 0 Å². The Hall–Kier alpha value is -2.34. The van der Waals surface area contributed by atoms with E-state index in [4.69, 9.17) is 21.1 Å². The van der Waals surface area contributed by atoms with Crippen molar-refractivity contribution in [2.75, 3.05) is 33.9 Å². The van der Waals surface area contributed by atoms with Crippen LogP contribution in [0.2, 0.25) is 5.02 Å². The Morgan fingerprint density at radius 1 is 1.12 bits per heavy atom. The Morgan fingerprint density at radius 3 is 2.53 bits per heavy atom. The Labute approximate surface area is 195 Å². The van der Waals surface area contributed by atoms with E-state index in [0.29, 0.717) is 23.2 Å². The summed E-state index contributed by atoms with van der Waals surface area (Å²) in [5, 5.41) is 3.65. The molecule has 170 valence electrons. The molecule has 0 saturated carbocycles. The average Bonchev–Trinajstić information content (AvgIpc) is 2.78. The summed E-state index contributed by atoms with van der Waals surface area (Å²) in [4.78, 5) is 12.7. The molecule has 2 aliphatic heterocycles. The summed E-state index contributed by atoms with van der Waals surface area (Å²) >= 11 is 6.16. The van der Waals surface area contributed by atoms with Crippen LogP contribution in [-0.4, -0.2) is 50.3 Å². The summed E-state index contributed by atoms with van der Waals surface area (Å²) in [6.45, 7) is 5.42. The number of halogens is 1. The third kappa shape index (κ3) is 5.34. The SMILES string of the molecule is Cc1cc(Cl)cc2c1OCC(C(=O)NCc1ccc(C[N+](C)(C)C3CCOCC3)cc1)=C2. The minimum absolute atomic E-state index is 0.116. The first-order chi connectivity index (χ1) is 15.3. The molecule has 0 atom stereocenters. The monoisotopic (exact) mass is 455 g/mol. The molecule has 2 heterocycles.